The van der Waals surface area contributed by atoms with E-state index >= 15 is 0 Å². The van der Waals surface area contributed by atoms with Gasteiger partial charge >= 0.3 is 12.4 Å². The normalized spacial score (nSPS) is 14.9. The molecule has 0 spiro atoms. The molecule has 2 aromatic rings. The van der Waals surface area contributed by atoms with Gasteiger partial charge in [-0.1, -0.05) is 0 Å². The fourth-order valence-electron chi connectivity index (χ4n) is 3.23. The van der Waals surface area contributed by atoms with Gasteiger partial charge in [0.2, 0.25) is 5.91 Å². The van der Waals surface area contributed by atoms with Crippen LogP contribution < -0.4 is 10.2 Å². The van der Waals surface area contributed by atoms with Gasteiger partial charge in [0, 0.05) is 29.9 Å². The highest BCUT2D eigenvalue weighted by molar-refractivity contribution is 6.05. The van der Waals surface area contributed by atoms with Crippen molar-refractivity contribution in [3.63, 3.8) is 0 Å². The van der Waals surface area contributed by atoms with Crippen LogP contribution in [-0.4, -0.2) is 18.4 Å². The van der Waals surface area contributed by atoms with Crippen molar-refractivity contribution >= 4 is 23.2 Å². The number of nitrogens with one attached hydrogen (secondary N) is 1. The molecule has 1 N–H and O–H groups in total. The second-order valence-electron chi connectivity index (χ2n) is 6.90. The molecular formula is C20H16F6N2O2. The van der Waals surface area contributed by atoms with Gasteiger partial charge in [-0.25, -0.2) is 0 Å². The number of halogens is 6. The predicted molar refractivity (Wildman–Crippen MR) is 97.2 cm³/mol. The number of hydrogen-bond donors (Lipinski definition) is 1. The molecule has 2 aromatic carbocycles. The maximum absolute atomic E-state index is 13.0. The first-order chi connectivity index (χ1) is 13.9. The van der Waals surface area contributed by atoms with Gasteiger partial charge in [-0.15, -0.1) is 0 Å². The Morgan fingerprint density at radius 3 is 2.03 bits per heavy atom. The molecule has 0 radical (unpaired) electrons. The molecule has 0 saturated carbocycles. The average molecular weight is 430 g/mol. The zero-order chi connectivity index (χ0) is 22.3. The van der Waals surface area contributed by atoms with Crippen LogP contribution in [0.3, 0.4) is 0 Å². The summed E-state index contributed by atoms with van der Waals surface area (Å²) in [6, 6.07) is 5.20. The van der Waals surface area contributed by atoms with E-state index in [1.54, 1.807) is 17.9 Å². The van der Waals surface area contributed by atoms with Gasteiger partial charge in [0.05, 0.1) is 11.1 Å². The molecule has 1 saturated heterocycles. The van der Waals surface area contributed by atoms with Crippen molar-refractivity contribution in [3.8, 4) is 0 Å². The molecule has 10 heteroatoms. The van der Waals surface area contributed by atoms with Crippen LogP contribution in [0.1, 0.15) is 39.9 Å². The number of carbonyl (C=O) groups excluding carboxylic acids is 2. The van der Waals surface area contributed by atoms with Crippen LogP contribution in [0.25, 0.3) is 0 Å². The minimum atomic E-state index is -5.04. The quantitative estimate of drug-likeness (QED) is 0.662. The third kappa shape index (κ3) is 4.58. The lowest BCUT2D eigenvalue weighted by Crippen LogP contribution is -2.24. The Bertz CT molecular complexity index is 966. The van der Waals surface area contributed by atoms with Crippen molar-refractivity contribution < 1.29 is 35.9 Å². The Morgan fingerprint density at radius 1 is 0.967 bits per heavy atom. The SMILES string of the molecule is Cc1cc(NC(=O)c2cc(C(F)(F)F)cc(C(F)(F)F)c2)ccc1N1CCCC1=O. The van der Waals surface area contributed by atoms with Gasteiger partial charge in [-0.3, -0.25) is 9.59 Å². The van der Waals surface area contributed by atoms with E-state index in [1.807, 2.05) is 0 Å². The molecule has 1 aliphatic rings. The Kier molecular flexibility index (Phi) is 5.53. The molecule has 0 unspecified atom stereocenters. The Morgan fingerprint density at radius 2 is 1.57 bits per heavy atom. The average Bonchev–Trinajstić information content (AvgIpc) is 3.05. The summed E-state index contributed by atoms with van der Waals surface area (Å²) in [4.78, 5) is 25.8. The number of anilines is 2. The monoisotopic (exact) mass is 430 g/mol. The van der Waals surface area contributed by atoms with Crippen molar-refractivity contribution in [2.24, 2.45) is 0 Å². The van der Waals surface area contributed by atoms with Crippen molar-refractivity contribution in [2.45, 2.75) is 32.1 Å². The largest absolute Gasteiger partial charge is 0.416 e. The number of aryl methyl sites for hydroxylation is 1. The van der Waals surface area contributed by atoms with Crippen LogP contribution in [-0.2, 0) is 17.1 Å². The standard InChI is InChI=1S/C20H16F6N2O2/c1-11-7-15(4-5-16(11)28-6-2-3-17(28)29)27-18(30)12-8-13(19(21,22)23)10-14(9-12)20(24,25)26/h4-5,7-10H,2-3,6H2,1H3,(H,27,30). The van der Waals surface area contributed by atoms with Gasteiger partial charge in [-0.05, 0) is 55.3 Å². The van der Waals surface area contributed by atoms with Gasteiger partial charge in [0.25, 0.3) is 5.91 Å². The van der Waals surface area contributed by atoms with Crippen LogP contribution in [0, 0.1) is 6.92 Å². The number of nitrogens with zero attached hydrogens (tertiary/aromatic N) is 1. The third-order valence-corrected chi connectivity index (χ3v) is 4.67. The summed E-state index contributed by atoms with van der Waals surface area (Å²) in [5.74, 6) is -1.16. The Labute approximate surface area is 167 Å². The lowest BCUT2D eigenvalue weighted by atomic mass is 10.0. The summed E-state index contributed by atoms with van der Waals surface area (Å²) in [6.45, 7) is 2.23. The zero-order valence-electron chi connectivity index (χ0n) is 15.6. The highest BCUT2D eigenvalue weighted by atomic mass is 19.4. The van der Waals surface area contributed by atoms with Crippen molar-refractivity contribution in [2.75, 3.05) is 16.8 Å². The van der Waals surface area contributed by atoms with Crippen LogP contribution in [0.5, 0.6) is 0 Å². The maximum Gasteiger partial charge on any atom is 0.416 e. The lowest BCUT2D eigenvalue weighted by Gasteiger charge is -2.19. The summed E-state index contributed by atoms with van der Waals surface area (Å²) in [7, 11) is 0. The van der Waals surface area contributed by atoms with Gasteiger partial charge in [-0.2, -0.15) is 26.3 Å². The molecule has 4 nitrogen and oxygen atoms in total. The van der Waals surface area contributed by atoms with Crippen LogP contribution in [0.2, 0.25) is 0 Å². The maximum atomic E-state index is 13.0. The molecule has 3 rings (SSSR count). The van der Waals surface area contributed by atoms with Gasteiger partial charge < -0.3 is 10.2 Å². The Balaban J connectivity index is 1.88. The molecule has 1 aliphatic heterocycles. The highest BCUT2D eigenvalue weighted by Gasteiger charge is 2.37. The van der Waals surface area contributed by atoms with E-state index in [4.69, 9.17) is 0 Å². The van der Waals surface area contributed by atoms with Crippen LogP contribution >= 0.6 is 0 Å². The minimum absolute atomic E-state index is 0.0389. The van der Waals surface area contributed by atoms with E-state index in [0.29, 0.717) is 42.8 Å². The van der Waals surface area contributed by atoms with E-state index in [9.17, 15) is 35.9 Å². The number of hydrogen-bond acceptors (Lipinski definition) is 2. The van der Waals surface area contributed by atoms with Gasteiger partial charge in [0.1, 0.15) is 0 Å². The second kappa shape index (κ2) is 7.66. The van der Waals surface area contributed by atoms with E-state index in [1.165, 1.54) is 12.1 Å². The first-order valence-electron chi connectivity index (χ1n) is 8.88. The molecule has 0 bridgehead atoms. The molecule has 1 heterocycles. The van der Waals surface area contributed by atoms with Crippen LogP contribution in [0.4, 0.5) is 37.7 Å². The summed E-state index contributed by atoms with van der Waals surface area (Å²) in [5, 5.41) is 2.31. The topological polar surface area (TPSA) is 49.4 Å². The van der Waals surface area contributed by atoms with Gasteiger partial charge in [0.15, 0.2) is 0 Å². The van der Waals surface area contributed by atoms with Crippen molar-refractivity contribution in [3.05, 3.63) is 58.7 Å². The molecule has 2 amide bonds. The summed E-state index contributed by atoms with van der Waals surface area (Å²) < 4.78 is 77.8. The number of rotatable bonds is 3. The molecule has 0 aromatic heterocycles. The minimum Gasteiger partial charge on any atom is -0.322 e. The van der Waals surface area contributed by atoms with Crippen molar-refractivity contribution in [1.82, 2.24) is 0 Å². The molecular weight excluding hydrogens is 414 g/mol. The number of benzene rings is 2. The second-order valence-corrected chi connectivity index (χ2v) is 6.90. The highest BCUT2D eigenvalue weighted by Crippen LogP contribution is 2.36. The molecule has 0 atom stereocenters. The lowest BCUT2D eigenvalue weighted by molar-refractivity contribution is -0.143. The summed E-state index contributed by atoms with van der Waals surface area (Å²) in [6.07, 6.45) is -8.95. The number of amides is 2. The zero-order valence-corrected chi connectivity index (χ0v) is 15.6. The smallest absolute Gasteiger partial charge is 0.322 e. The van der Waals surface area contributed by atoms with E-state index in [0.717, 1.165) is 0 Å². The van der Waals surface area contributed by atoms with E-state index < -0.39 is 35.0 Å². The Hall–Kier alpha value is -3.04. The van der Waals surface area contributed by atoms with E-state index in [-0.39, 0.29) is 17.7 Å². The predicted octanol–water partition coefficient (Wildman–Crippen LogP) is 5.41. The van der Waals surface area contributed by atoms with E-state index in [2.05, 4.69) is 5.32 Å². The summed E-state index contributed by atoms with van der Waals surface area (Å²) in [5.41, 5.74) is -2.47. The molecule has 30 heavy (non-hydrogen) atoms. The number of carbonyl (C=O) groups is 2. The summed E-state index contributed by atoms with van der Waals surface area (Å²) >= 11 is 0. The van der Waals surface area contributed by atoms with Crippen molar-refractivity contribution in [1.29, 1.82) is 0 Å². The first kappa shape index (κ1) is 21.7. The first-order valence-corrected chi connectivity index (χ1v) is 8.88. The number of alkyl halides is 6. The fraction of sp³-hybridized carbons (Fsp3) is 0.300. The third-order valence-electron chi connectivity index (χ3n) is 4.67. The fourth-order valence-corrected chi connectivity index (χ4v) is 3.23. The molecule has 1 fully saturated rings. The molecule has 0 aliphatic carbocycles. The molecule has 160 valence electrons. The van der Waals surface area contributed by atoms with Crippen LogP contribution in [0.15, 0.2) is 36.4 Å².